The number of rotatable bonds is 5. The number of hydrogen-bond donors (Lipinski definition) is 0. The summed E-state index contributed by atoms with van der Waals surface area (Å²) in [5.41, 5.74) is 5.87. The Kier molecular flexibility index (Phi) is 4.65. The number of methoxy groups -OCH3 is 1. The number of benzene rings is 1. The van der Waals surface area contributed by atoms with E-state index in [1.807, 2.05) is 28.8 Å². The Hall–Kier alpha value is -2.95. The Bertz CT molecular complexity index is 923. The van der Waals surface area contributed by atoms with Crippen LogP contribution in [0.2, 0.25) is 0 Å². The van der Waals surface area contributed by atoms with Gasteiger partial charge in [-0.1, -0.05) is 18.2 Å². The topological polar surface area (TPSA) is 60.7 Å². The van der Waals surface area contributed by atoms with Gasteiger partial charge in [0.15, 0.2) is 0 Å². The molecule has 0 amide bonds. The highest BCUT2D eigenvalue weighted by Crippen LogP contribution is 2.32. The average Bonchev–Trinajstić information content (AvgIpc) is 3.03. The molecule has 25 heavy (non-hydrogen) atoms. The van der Waals surface area contributed by atoms with Crippen molar-refractivity contribution in [2.24, 2.45) is 0 Å². The monoisotopic (exact) mass is 336 g/mol. The minimum Gasteiger partial charge on any atom is -0.468 e. The summed E-state index contributed by atoms with van der Waals surface area (Å²) in [7, 11) is 1.32. The van der Waals surface area contributed by atoms with Crippen LogP contribution in [-0.2, 0) is 14.3 Å². The van der Waals surface area contributed by atoms with Crippen LogP contribution >= 0.6 is 0 Å². The molecule has 1 aromatic carbocycles. The number of carbonyl (C=O) groups is 2. The van der Waals surface area contributed by atoms with Gasteiger partial charge >= 0.3 is 5.97 Å². The summed E-state index contributed by atoms with van der Waals surface area (Å²) in [6.07, 6.45) is 4.30. The molecule has 3 aromatic rings. The second-order valence-electron chi connectivity index (χ2n) is 6.04. The fourth-order valence-corrected chi connectivity index (χ4v) is 3.30. The van der Waals surface area contributed by atoms with E-state index in [0.29, 0.717) is 5.69 Å². The highest BCUT2D eigenvalue weighted by molar-refractivity contribution is 5.84. The van der Waals surface area contributed by atoms with Crippen LogP contribution in [0.15, 0.2) is 42.7 Å². The molecule has 3 rings (SSSR count). The summed E-state index contributed by atoms with van der Waals surface area (Å²) in [4.78, 5) is 27.6. The van der Waals surface area contributed by atoms with Crippen LogP contribution in [0.25, 0.3) is 16.8 Å². The molecule has 0 aliphatic heterocycles. The van der Waals surface area contributed by atoms with Gasteiger partial charge in [0.1, 0.15) is 17.9 Å². The maximum absolute atomic E-state index is 12.1. The first-order valence-electron chi connectivity index (χ1n) is 8.12. The molecule has 5 nitrogen and oxygen atoms in total. The van der Waals surface area contributed by atoms with Gasteiger partial charge in [0.25, 0.3) is 0 Å². The minimum absolute atomic E-state index is 0.0636. The molecule has 1 unspecified atom stereocenters. The van der Waals surface area contributed by atoms with Gasteiger partial charge in [-0.2, -0.15) is 0 Å². The number of pyridine rings is 1. The van der Waals surface area contributed by atoms with E-state index in [-0.39, 0.29) is 6.42 Å². The van der Waals surface area contributed by atoms with Gasteiger partial charge in [-0.15, -0.1) is 0 Å². The Morgan fingerprint density at radius 1 is 1.24 bits per heavy atom. The molecule has 0 aliphatic carbocycles. The molecular formula is C20H20N2O3. The van der Waals surface area contributed by atoms with Gasteiger partial charge in [-0.3, -0.25) is 4.79 Å². The summed E-state index contributed by atoms with van der Waals surface area (Å²) in [5.74, 6) is -1.10. The Labute approximate surface area is 146 Å². The number of aromatic nitrogens is 2. The van der Waals surface area contributed by atoms with Crippen molar-refractivity contribution in [1.29, 1.82) is 0 Å². The van der Waals surface area contributed by atoms with Crippen LogP contribution in [-0.4, -0.2) is 28.7 Å². The lowest BCUT2D eigenvalue weighted by atomic mass is 9.96. The van der Waals surface area contributed by atoms with E-state index in [1.54, 1.807) is 6.20 Å². The molecule has 0 N–H and O–H groups in total. The summed E-state index contributed by atoms with van der Waals surface area (Å²) >= 11 is 0. The molecule has 0 fully saturated rings. The molecule has 2 heterocycles. The van der Waals surface area contributed by atoms with Crippen molar-refractivity contribution in [3.8, 4) is 11.1 Å². The van der Waals surface area contributed by atoms with E-state index in [2.05, 4.69) is 31.0 Å². The fraction of sp³-hybridized carbons (Fsp3) is 0.250. The molecule has 0 bridgehead atoms. The van der Waals surface area contributed by atoms with Crippen molar-refractivity contribution < 1.29 is 14.3 Å². The zero-order valence-corrected chi connectivity index (χ0v) is 14.5. The average molecular weight is 336 g/mol. The molecule has 2 aromatic heterocycles. The van der Waals surface area contributed by atoms with E-state index in [4.69, 9.17) is 4.74 Å². The first-order valence-corrected chi connectivity index (χ1v) is 8.12. The van der Waals surface area contributed by atoms with Crippen molar-refractivity contribution in [2.75, 3.05) is 7.11 Å². The van der Waals surface area contributed by atoms with Gasteiger partial charge in [0.2, 0.25) is 0 Å². The maximum atomic E-state index is 12.1. The lowest BCUT2D eigenvalue weighted by molar-refractivity contribution is -0.143. The first-order chi connectivity index (χ1) is 12.1. The van der Waals surface area contributed by atoms with Gasteiger partial charge in [0.05, 0.1) is 19.0 Å². The smallest absolute Gasteiger partial charge is 0.315 e. The standard InChI is InChI=1S/C20H20N2O3/c1-13-6-4-7-14(2)18(13)16-8-5-10-22-17(12-21-19(16)22)15(9-11-23)20(24)25-3/h4-8,10-12,15H,9H2,1-3H3. The fourth-order valence-electron chi connectivity index (χ4n) is 3.30. The van der Waals surface area contributed by atoms with E-state index < -0.39 is 11.9 Å². The normalized spacial score (nSPS) is 12.1. The number of ether oxygens (including phenoxy) is 1. The number of imidazole rings is 1. The second-order valence-corrected chi connectivity index (χ2v) is 6.04. The van der Waals surface area contributed by atoms with Crippen molar-refractivity contribution >= 4 is 17.9 Å². The summed E-state index contributed by atoms with van der Waals surface area (Å²) in [6.45, 7) is 4.14. The third-order valence-electron chi connectivity index (χ3n) is 4.49. The molecule has 0 radical (unpaired) electrons. The van der Waals surface area contributed by atoms with Gasteiger partial charge in [-0.25, -0.2) is 4.98 Å². The summed E-state index contributed by atoms with van der Waals surface area (Å²) in [5, 5.41) is 0. The third kappa shape index (κ3) is 2.93. The lowest BCUT2D eigenvalue weighted by Gasteiger charge is -2.14. The highest BCUT2D eigenvalue weighted by Gasteiger charge is 2.25. The predicted octanol–water partition coefficient (Wildman–Crippen LogP) is 3.46. The van der Waals surface area contributed by atoms with E-state index in [1.165, 1.54) is 7.11 Å². The minimum atomic E-state index is -0.661. The molecular weight excluding hydrogens is 316 g/mol. The Balaban J connectivity index is 2.22. The predicted molar refractivity (Wildman–Crippen MR) is 95.5 cm³/mol. The van der Waals surface area contributed by atoms with Gasteiger partial charge in [0, 0.05) is 18.2 Å². The van der Waals surface area contributed by atoms with Crippen molar-refractivity contribution in [2.45, 2.75) is 26.2 Å². The van der Waals surface area contributed by atoms with Crippen LogP contribution < -0.4 is 0 Å². The molecule has 1 atom stereocenters. The summed E-state index contributed by atoms with van der Waals surface area (Å²) in [6, 6.07) is 10.1. The summed E-state index contributed by atoms with van der Waals surface area (Å²) < 4.78 is 6.72. The van der Waals surface area contributed by atoms with Crippen LogP contribution in [0.3, 0.4) is 0 Å². The molecule has 0 saturated carbocycles. The number of esters is 1. The van der Waals surface area contributed by atoms with E-state index >= 15 is 0 Å². The van der Waals surface area contributed by atoms with Crippen molar-refractivity contribution in [1.82, 2.24) is 9.38 Å². The van der Waals surface area contributed by atoms with Crippen LogP contribution in [0.1, 0.15) is 29.2 Å². The van der Waals surface area contributed by atoms with Crippen LogP contribution in [0.4, 0.5) is 0 Å². The zero-order chi connectivity index (χ0) is 18.0. The lowest BCUT2D eigenvalue weighted by Crippen LogP contribution is -2.16. The zero-order valence-electron chi connectivity index (χ0n) is 14.5. The number of fused-ring (bicyclic) bond motifs is 1. The molecule has 0 saturated heterocycles. The largest absolute Gasteiger partial charge is 0.468 e. The highest BCUT2D eigenvalue weighted by atomic mass is 16.5. The molecule has 5 heteroatoms. The number of carbonyl (C=O) groups excluding carboxylic acids is 2. The number of nitrogens with zero attached hydrogens (tertiary/aromatic N) is 2. The second kappa shape index (κ2) is 6.89. The third-order valence-corrected chi connectivity index (χ3v) is 4.49. The molecule has 128 valence electrons. The van der Waals surface area contributed by atoms with E-state index in [9.17, 15) is 9.59 Å². The van der Waals surface area contributed by atoms with Crippen molar-refractivity contribution in [3.05, 3.63) is 59.5 Å². The van der Waals surface area contributed by atoms with Gasteiger partial charge < -0.3 is 13.9 Å². The number of hydrogen-bond acceptors (Lipinski definition) is 4. The van der Waals surface area contributed by atoms with Crippen molar-refractivity contribution in [3.63, 3.8) is 0 Å². The maximum Gasteiger partial charge on any atom is 0.315 e. The van der Waals surface area contributed by atoms with Crippen LogP contribution in [0, 0.1) is 13.8 Å². The quantitative estimate of drug-likeness (QED) is 0.529. The number of aldehydes is 1. The molecule has 0 aliphatic rings. The van der Waals surface area contributed by atoms with E-state index in [0.717, 1.165) is 34.2 Å². The first kappa shape index (κ1) is 16.9. The van der Waals surface area contributed by atoms with Gasteiger partial charge in [-0.05, 0) is 42.7 Å². The Morgan fingerprint density at radius 2 is 1.96 bits per heavy atom. The Morgan fingerprint density at radius 3 is 2.60 bits per heavy atom. The number of aryl methyl sites for hydroxylation is 2. The molecule has 0 spiro atoms. The SMILES string of the molecule is COC(=O)C(CC=O)c1cnc2c(-c3c(C)cccc3C)cccn12. The van der Waals surface area contributed by atoms with Crippen LogP contribution in [0.5, 0.6) is 0 Å².